The molecular weight excluding hydrogens is 314 g/mol. The first kappa shape index (κ1) is 21.3. The molecule has 0 aromatic heterocycles. The Bertz CT molecular complexity index is 514. The van der Waals surface area contributed by atoms with Crippen molar-refractivity contribution in [2.45, 2.75) is 84.0 Å². The standard InChI is InChI=1S/C21H35NO3/c1-16(2)11-9-7-5-3-4-6-8-10-12-18(21(22)25)17-13-14-19(23)20(24)15-17/h13-16,18,23-24H,3-12H2,1-2H3,(H2,22,25). The number of rotatable bonds is 13. The highest BCUT2D eigenvalue weighted by molar-refractivity contribution is 5.82. The maximum Gasteiger partial charge on any atom is 0.224 e. The van der Waals surface area contributed by atoms with Gasteiger partial charge in [0.25, 0.3) is 0 Å². The smallest absolute Gasteiger partial charge is 0.224 e. The van der Waals surface area contributed by atoms with Gasteiger partial charge >= 0.3 is 0 Å². The Kier molecular flexibility index (Phi) is 10.0. The zero-order valence-corrected chi connectivity index (χ0v) is 15.8. The Labute approximate surface area is 152 Å². The lowest BCUT2D eigenvalue weighted by molar-refractivity contribution is -0.119. The Morgan fingerprint density at radius 1 is 0.880 bits per heavy atom. The van der Waals surface area contributed by atoms with Gasteiger partial charge < -0.3 is 15.9 Å². The summed E-state index contributed by atoms with van der Waals surface area (Å²) in [5.41, 5.74) is 6.18. The molecule has 1 unspecified atom stereocenters. The third kappa shape index (κ3) is 8.80. The fraction of sp³-hybridized carbons (Fsp3) is 0.667. The van der Waals surface area contributed by atoms with Gasteiger partial charge in [0.1, 0.15) is 0 Å². The van der Waals surface area contributed by atoms with Gasteiger partial charge in [-0.1, -0.05) is 77.7 Å². The average molecular weight is 350 g/mol. The summed E-state index contributed by atoms with van der Waals surface area (Å²) < 4.78 is 0. The second-order valence-electron chi connectivity index (χ2n) is 7.50. The quantitative estimate of drug-likeness (QED) is 0.337. The lowest BCUT2D eigenvalue weighted by atomic mass is 9.92. The molecule has 0 saturated carbocycles. The monoisotopic (exact) mass is 349 g/mol. The van der Waals surface area contributed by atoms with E-state index in [1.807, 2.05) is 0 Å². The van der Waals surface area contributed by atoms with Crippen LogP contribution in [0.4, 0.5) is 0 Å². The van der Waals surface area contributed by atoms with E-state index < -0.39 is 5.92 Å². The van der Waals surface area contributed by atoms with E-state index in [1.165, 1.54) is 57.1 Å². The number of amides is 1. The summed E-state index contributed by atoms with van der Waals surface area (Å²) in [6.45, 7) is 4.55. The minimum atomic E-state index is -0.400. The third-order valence-corrected chi connectivity index (χ3v) is 4.77. The Morgan fingerprint density at radius 2 is 1.40 bits per heavy atom. The molecule has 0 spiro atoms. The number of benzene rings is 1. The number of nitrogens with two attached hydrogens (primary N) is 1. The van der Waals surface area contributed by atoms with Gasteiger partial charge in [-0.15, -0.1) is 0 Å². The predicted octanol–water partition coefficient (Wildman–Crippen LogP) is 5.22. The van der Waals surface area contributed by atoms with Crippen molar-refractivity contribution in [3.05, 3.63) is 23.8 Å². The Balaban J connectivity index is 2.19. The molecule has 0 aliphatic carbocycles. The molecule has 4 nitrogen and oxygen atoms in total. The lowest BCUT2D eigenvalue weighted by Crippen LogP contribution is -2.21. The fourth-order valence-corrected chi connectivity index (χ4v) is 3.19. The van der Waals surface area contributed by atoms with Gasteiger partial charge in [-0.3, -0.25) is 4.79 Å². The highest BCUT2D eigenvalue weighted by Gasteiger charge is 2.18. The summed E-state index contributed by atoms with van der Waals surface area (Å²) in [6.07, 6.45) is 11.8. The van der Waals surface area contributed by atoms with Crippen LogP contribution in [-0.2, 0) is 4.79 Å². The Morgan fingerprint density at radius 3 is 1.88 bits per heavy atom. The number of carbonyl (C=O) groups excluding carboxylic acids is 1. The minimum Gasteiger partial charge on any atom is -0.504 e. The van der Waals surface area contributed by atoms with Crippen molar-refractivity contribution >= 4 is 5.91 Å². The van der Waals surface area contributed by atoms with Crippen LogP contribution in [0.2, 0.25) is 0 Å². The fourth-order valence-electron chi connectivity index (χ4n) is 3.19. The number of hydrogen-bond acceptors (Lipinski definition) is 3. The van der Waals surface area contributed by atoms with Crippen molar-refractivity contribution in [2.24, 2.45) is 11.7 Å². The Hall–Kier alpha value is -1.71. The van der Waals surface area contributed by atoms with E-state index in [1.54, 1.807) is 6.07 Å². The highest BCUT2D eigenvalue weighted by Crippen LogP contribution is 2.31. The first-order chi connectivity index (χ1) is 11.9. The zero-order valence-electron chi connectivity index (χ0n) is 15.8. The maximum absolute atomic E-state index is 11.7. The van der Waals surface area contributed by atoms with Crippen molar-refractivity contribution in [3.63, 3.8) is 0 Å². The predicted molar refractivity (Wildman–Crippen MR) is 103 cm³/mol. The molecule has 0 fully saturated rings. The van der Waals surface area contributed by atoms with E-state index in [4.69, 9.17) is 5.73 Å². The van der Waals surface area contributed by atoms with Crippen molar-refractivity contribution in [1.29, 1.82) is 0 Å². The van der Waals surface area contributed by atoms with Gasteiger partial charge in [0.05, 0.1) is 5.92 Å². The number of primary amides is 1. The van der Waals surface area contributed by atoms with Gasteiger partial charge in [0.2, 0.25) is 5.91 Å². The van der Waals surface area contributed by atoms with Crippen molar-refractivity contribution < 1.29 is 15.0 Å². The van der Waals surface area contributed by atoms with Crippen LogP contribution in [0.3, 0.4) is 0 Å². The molecule has 0 radical (unpaired) electrons. The maximum atomic E-state index is 11.7. The molecule has 1 aromatic carbocycles. The van der Waals surface area contributed by atoms with Gasteiger partial charge in [-0.05, 0) is 30.0 Å². The lowest BCUT2D eigenvalue weighted by Gasteiger charge is -2.14. The molecule has 25 heavy (non-hydrogen) atoms. The molecule has 0 heterocycles. The average Bonchev–Trinajstić information content (AvgIpc) is 2.55. The summed E-state index contributed by atoms with van der Waals surface area (Å²) in [4.78, 5) is 11.7. The topological polar surface area (TPSA) is 83.6 Å². The summed E-state index contributed by atoms with van der Waals surface area (Å²) in [5, 5.41) is 19.0. The number of hydrogen-bond donors (Lipinski definition) is 3. The molecule has 1 amide bonds. The van der Waals surface area contributed by atoms with Gasteiger partial charge in [0, 0.05) is 0 Å². The van der Waals surface area contributed by atoms with Crippen LogP contribution >= 0.6 is 0 Å². The number of phenolic OH excluding ortho intramolecular Hbond substituents is 2. The molecule has 0 aliphatic rings. The molecule has 1 atom stereocenters. The van der Waals surface area contributed by atoms with Crippen LogP contribution < -0.4 is 5.73 Å². The molecule has 0 saturated heterocycles. The van der Waals surface area contributed by atoms with E-state index in [0.717, 1.165) is 18.8 Å². The first-order valence-corrected chi connectivity index (χ1v) is 9.73. The molecule has 1 rings (SSSR count). The van der Waals surface area contributed by atoms with Crippen LogP contribution in [0.1, 0.15) is 89.5 Å². The summed E-state index contributed by atoms with van der Waals surface area (Å²) >= 11 is 0. The van der Waals surface area contributed by atoms with Crippen LogP contribution in [0.25, 0.3) is 0 Å². The van der Waals surface area contributed by atoms with E-state index in [2.05, 4.69) is 13.8 Å². The van der Waals surface area contributed by atoms with Crippen molar-refractivity contribution in [1.82, 2.24) is 0 Å². The van der Waals surface area contributed by atoms with Gasteiger partial charge in [-0.25, -0.2) is 0 Å². The van der Waals surface area contributed by atoms with E-state index in [-0.39, 0.29) is 17.4 Å². The van der Waals surface area contributed by atoms with Crippen molar-refractivity contribution in [3.8, 4) is 11.5 Å². The molecule has 0 aliphatic heterocycles. The number of carbonyl (C=O) groups is 1. The van der Waals surface area contributed by atoms with Gasteiger partial charge in [-0.2, -0.15) is 0 Å². The van der Waals surface area contributed by atoms with E-state index in [9.17, 15) is 15.0 Å². The number of phenols is 2. The second kappa shape index (κ2) is 11.8. The summed E-state index contributed by atoms with van der Waals surface area (Å²) in [6, 6.07) is 4.49. The molecular formula is C21H35NO3. The largest absolute Gasteiger partial charge is 0.504 e. The first-order valence-electron chi connectivity index (χ1n) is 9.73. The SMILES string of the molecule is CC(C)CCCCCCCCCCC(C(N)=O)c1ccc(O)c(O)c1. The summed E-state index contributed by atoms with van der Waals surface area (Å²) in [5.74, 6) is -0.354. The minimum absolute atomic E-state index is 0.180. The molecule has 4 N–H and O–H groups in total. The highest BCUT2D eigenvalue weighted by atomic mass is 16.3. The second-order valence-corrected chi connectivity index (χ2v) is 7.50. The van der Waals surface area contributed by atoms with Crippen LogP contribution in [0.5, 0.6) is 11.5 Å². The van der Waals surface area contributed by atoms with Crippen LogP contribution in [0.15, 0.2) is 18.2 Å². The third-order valence-electron chi connectivity index (χ3n) is 4.77. The molecule has 1 aromatic rings. The van der Waals surface area contributed by atoms with Crippen LogP contribution in [0, 0.1) is 5.92 Å². The molecule has 0 bridgehead atoms. The number of aromatic hydroxyl groups is 2. The van der Waals surface area contributed by atoms with E-state index in [0.29, 0.717) is 12.0 Å². The molecule has 4 heteroatoms. The van der Waals surface area contributed by atoms with Crippen molar-refractivity contribution in [2.75, 3.05) is 0 Å². The number of unbranched alkanes of at least 4 members (excludes halogenated alkanes) is 7. The summed E-state index contributed by atoms with van der Waals surface area (Å²) in [7, 11) is 0. The van der Waals surface area contributed by atoms with Gasteiger partial charge in [0.15, 0.2) is 11.5 Å². The normalized spacial score (nSPS) is 12.4. The zero-order chi connectivity index (χ0) is 18.7. The van der Waals surface area contributed by atoms with Crippen LogP contribution in [-0.4, -0.2) is 16.1 Å². The van der Waals surface area contributed by atoms with E-state index >= 15 is 0 Å². The molecule has 142 valence electrons.